The first-order valence-electron chi connectivity index (χ1n) is 16.0. The second-order valence-corrected chi connectivity index (χ2v) is 14.0. The first-order chi connectivity index (χ1) is 20.8. The number of nitrogens with one attached hydrogen (secondary N) is 1. The van der Waals surface area contributed by atoms with Crippen molar-refractivity contribution in [1.82, 2.24) is 10.2 Å². The molecule has 0 aromatic heterocycles. The molecule has 1 saturated heterocycles. The van der Waals surface area contributed by atoms with Crippen molar-refractivity contribution in [1.29, 1.82) is 0 Å². The van der Waals surface area contributed by atoms with Gasteiger partial charge in [0, 0.05) is 60.6 Å². The van der Waals surface area contributed by atoms with E-state index in [2.05, 4.69) is 10.5 Å². The summed E-state index contributed by atoms with van der Waals surface area (Å²) in [6, 6.07) is 6.34. The van der Waals surface area contributed by atoms with Gasteiger partial charge >= 0.3 is 0 Å². The van der Waals surface area contributed by atoms with Crippen molar-refractivity contribution >= 4 is 46.5 Å². The number of likely N-dealkylation sites (tertiary alicyclic amines) is 1. The Morgan fingerprint density at radius 3 is 2.45 bits per heavy atom. The number of halogens is 1. The average Bonchev–Trinajstić information content (AvgIpc) is 3.55. The molecule has 240 valence electrons. The zero-order valence-electron chi connectivity index (χ0n) is 26.6. The Morgan fingerprint density at radius 1 is 1.11 bits per heavy atom. The number of Topliss-reactive ketones (excluding diaryl/α,β-unsaturated/α-hetero) is 3. The minimum absolute atomic E-state index is 0.00315. The Hall–Kier alpha value is -3.07. The fraction of sp³-hybridized carbons (Fsp3) is 0.647. The van der Waals surface area contributed by atoms with E-state index in [-0.39, 0.29) is 67.7 Å². The van der Waals surface area contributed by atoms with E-state index in [9.17, 15) is 24.0 Å². The lowest BCUT2D eigenvalue weighted by atomic mass is 9.85. The van der Waals surface area contributed by atoms with Crippen LogP contribution in [0, 0.1) is 23.7 Å². The fourth-order valence-corrected chi connectivity index (χ4v) is 6.56. The van der Waals surface area contributed by atoms with Gasteiger partial charge in [0.2, 0.25) is 17.6 Å². The van der Waals surface area contributed by atoms with E-state index in [0.29, 0.717) is 30.0 Å². The summed E-state index contributed by atoms with van der Waals surface area (Å²) in [6.45, 7) is 9.55. The molecular formula is C34H46ClN3O6. The number of hydrogen-bond donors (Lipinski definition) is 1. The summed E-state index contributed by atoms with van der Waals surface area (Å²) >= 11 is 6.22. The van der Waals surface area contributed by atoms with Crippen LogP contribution in [0.15, 0.2) is 29.4 Å². The van der Waals surface area contributed by atoms with Crippen molar-refractivity contribution in [2.24, 2.45) is 28.8 Å². The molecule has 4 atom stereocenters. The predicted molar refractivity (Wildman–Crippen MR) is 168 cm³/mol. The van der Waals surface area contributed by atoms with Crippen LogP contribution in [0.25, 0.3) is 0 Å². The van der Waals surface area contributed by atoms with Crippen LogP contribution in [0.5, 0.6) is 0 Å². The van der Waals surface area contributed by atoms with Gasteiger partial charge in [0.15, 0.2) is 17.2 Å². The molecule has 3 aliphatic rings. The highest BCUT2D eigenvalue weighted by atomic mass is 35.5. The topological polar surface area (TPSA) is 122 Å². The van der Waals surface area contributed by atoms with Crippen molar-refractivity contribution < 1.29 is 28.8 Å². The van der Waals surface area contributed by atoms with E-state index in [1.54, 1.807) is 17.0 Å². The molecule has 1 aromatic carbocycles. The summed E-state index contributed by atoms with van der Waals surface area (Å²) in [5.41, 5.74) is 0.547. The molecular weight excluding hydrogens is 582 g/mol. The van der Waals surface area contributed by atoms with E-state index < -0.39 is 35.0 Å². The molecule has 2 amide bonds. The first-order valence-corrected chi connectivity index (χ1v) is 16.4. The maximum Gasteiger partial charge on any atom is 0.227 e. The summed E-state index contributed by atoms with van der Waals surface area (Å²) in [7, 11) is 0. The molecule has 1 N–H and O–H groups in total. The Morgan fingerprint density at radius 2 is 1.84 bits per heavy atom. The van der Waals surface area contributed by atoms with E-state index >= 15 is 0 Å². The summed E-state index contributed by atoms with van der Waals surface area (Å²) in [5, 5.41) is 7.78. The second-order valence-electron chi connectivity index (χ2n) is 13.6. The maximum absolute atomic E-state index is 14.2. The van der Waals surface area contributed by atoms with Crippen LogP contribution in [0.2, 0.25) is 5.02 Å². The van der Waals surface area contributed by atoms with Crippen molar-refractivity contribution in [2.75, 3.05) is 6.54 Å². The third kappa shape index (κ3) is 8.34. The lowest BCUT2D eigenvalue weighted by Gasteiger charge is -2.30. The average molecular weight is 628 g/mol. The van der Waals surface area contributed by atoms with Crippen molar-refractivity contribution in [3.63, 3.8) is 0 Å². The van der Waals surface area contributed by atoms with Gasteiger partial charge in [0.25, 0.3) is 0 Å². The molecule has 1 saturated carbocycles. The normalized spacial score (nSPS) is 22.6. The maximum atomic E-state index is 14.2. The highest BCUT2D eigenvalue weighted by Crippen LogP contribution is 2.41. The van der Waals surface area contributed by atoms with Crippen LogP contribution >= 0.6 is 11.6 Å². The van der Waals surface area contributed by atoms with Crippen LogP contribution in [-0.4, -0.2) is 64.0 Å². The van der Waals surface area contributed by atoms with E-state index in [0.717, 1.165) is 18.4 Å². The lowest BCUT2D eigenvalue weighted by molar-refractivity contribution is -0.145. The van der Waals surface area contributed by atoms with Crippen LogP contribution < -0.4 is 5.32 Å². The molecule has 1 aromatic rings. The predicted octanol–water partition coefficient (Wildman–Crippen LogP) is 5.30. The number of carbonyl (C=O) groups is 5. The zero-order valence-corrected chi connectivity index (χ0v) is 27.3. The SMILES string of the molecule is CCC[C@H](CC(=O)[C@@H]1C[C@]2(CC(c3cccc(Cl)c3)=NO2)CN1C(=O)[C@@H](CC(=O)NC(C)C)C(C)C)C(=O)C(=O)CC1CC1. The molecule has 44 heavy (non-hydrogen) atoms. The van der Waals surface area contributed by atoms with Gasteiger partial charge in [-0.15, -0.1) is 0 Å². The van der Waals surface area contributed by atoms with Crippen LogP contribution in [0.3, 0.4) is 0 Å². The van der Waals surface area contributed by atoms with Gasteiger partial charge in [0.05, 0.1) is 18.3 Å². The van der Waals surface area contributed by atoms with Gasteiger partial charge in [-0.2, -0.15) is 0 Å². The van der Waals surface area contributed by atoms with Gasteiger partial charge in [-0.3, -0.25) is 24.0 Å². The molecule has 1 spiro atoms. The highest BCUT2D eigenvalue weighted by molar-refractivity contribution is 6.38. The third-order valence-corrected chi connectivity index (χ3v) is 9.17. The molecule has 9 nitrogen and oxygen atoms in total. The molecule has 1 aliphatic carbocycles. The number of oxime groups is 1. The smallest absolute Gasteiger partial charge is 0.227 e. The van der Waals surface area contributed by atoms with Crippen molar-refractivity contribution in [3.8, 4) is 0 Å². The van der Waals surface area contributed by atoms with E-state index in [1.165, 1.54) is 0 Å². The molecule has 0 bridgehead atoms. The quantitative estimate of drug-likeness (QED) is 0.263. The second kappa shape index (κ2) is 14.4. The minimum atomic E-state index is -0.929. The monoisotopic (exact) mass is 627 g/mol. The van der Waals surface area contributed by atoms with Gasteiger partial charge < -0.3 is 15.1 Å². The number of hydrogen-bond acceptors (Lipinski definition) is 7. The van der Waals surface area contributed by atoms with Crippen LogP contribution in [0.4, 0.5) is 0 Å². The number of ketones is 3. The minimum Gasteiger partial charge on any atom is -0.387 e. The Balaban J connectivity index is 1.58. The van der Waals surface area contributed by atoms with Crippen LogP contribution in [-0.2, 0) is 28.8 Å². The fourth-order valence-electron chi connectivity index (χ4n) is 6.37. The van der Waals surface area contributed by atoms with Gasteiger partial charge in [0.1, 0.15) is 0 Å². The largest absolute Gasteiger partial charge is 0.387 e. The summed E-state index contributed by atoms with van der Waals surface area (Å²) in [5.74, 6) is -2.92. The number of carbonyl (C=O) groups excluding carboxylic acids is 5. The molecule has 2 heterocycles. The summed E-state index contributed by atoms with van der Waals surface area (Å²) < 4.78 is 0. The van der Waals surface area contributed by atoms with Gasteiger partial charge in [-0.25, -0.2) is 0 Å². The standard InChI is InChI=1S/C34H46ClN3O6/c1-6-8-24(32(42)30(40)13-22-11-12-22)15-29(39)28-18-34(17-27(37-44-34)23-9-7-10-25(35)14-23)19-38(28)33(43)26(20(2)3)16-31(41)36-21(4)5/h7,9-10,14,20-22,24,26,28H,6,8,11-13,15-19H2,1-5H3,(H,36,41)/t24-,26+,28+,34-/m1/s1. The molecule has 0 unspecified atom stereocenters. The first kappa shape index (κ1) is 33.8. The Kier molecular flexibility index (Phi) is 11.0. The Bertz CT molecular complexity index is 1310. The third-order valence-electron chi connectivity index (χ3n) is 8.93. The number of nitrogens with zero attached hydrogens (tertiary/aromatic N) is 2. The van der Waals surface area contributed by atoms with Gasteiger partial charge in [-0.1, -0.05) is 56.1 Å². The summed E-state index contributed by atoms with van der Waals surface area (Å²) in [4.78, 5) is 74.5. The molecule has 10 heteroatoms. The lowest BCUT2D eigenvalue weighted by Crippen LogP contribution is -2.47. The number of amides is 2. The summed E-state index contributed by atoms with van der Waals surface area (Å²) in [6.07, 6.45) is 3.71. The van der Waals surface area contributed by atoms with Crippen LogP contribution in [0.1, 0.15) is 98.0 Å². The van der Waals surface area contributed by atoms with Crippen molar-refractivity contribution in [2.45, 2.75) is 110 Å². The van der Waals surface area contributed by atoms with E-state index in [4.69, 9.17) is 16.4 Å². The molecule has 2 aliphatic heterocycles. The van der Waals surface area contributed by atoms with Gasteiger partial charge in [-0.05, 0) is 57.1 Å². The molecule has 2 fully saturated rings. The highest BCUT2D eigenvalue weighted by Gasteiger charge is 2.54. The number of benzene rings is 1. The molecule has 0 radical (unpaired) electrons. The number of rotatable bonds is 15. The molecule has 4 rings (SSSR count). The zero-order chi connectivity index (χ0) is 32.2. The Labute approximate surface area is 265 Å². The van der Waals surface area contributed by atoms with Crippen molar-refractivity contribution in [3.05, 3.63) is 34.9 Å². The van der Waals surface area contributed by atoms with E-state index in [1.807, 2.05) is 46.8 Å².